The van der Waals surface area contributed by atoms with Gasteiger partial charge in [0.05, 0.1) is 70.6 Å². The maximum absolute atomic E-state index is 11.6. The lowest BCUT2D eigenvalue weighted by molar-refractivity contribution is 0.0517. The summed E-state index contributed by atoms with van der Waals surface area (Å²) >= 11 is 0. The SMILES string of the molecule is CCCNc1ccc(C(=O)OCC)cc1N.CCOC(=O)c1ccc(NC2CCC2)c(N)c1.CCOC(=O)c1ccc(NC2CCCCC2)c(N)c1. The van der Waals surface area contributed by atoms with Crippen molar-refractivity contribution in [3.05, 3.63) is 71.3 Å². The molecule has 2 fully saturated rings. The number of hydrogen-bond acceptors (Lipinski definition) is 12. The molecule has 2 aliphatic carbocycles. The van der Waals surface area contributed by atoms with Gasteiger partial charge < -0.3 is 47.4 Å². The van der Waals surface area contributed by atoms with Crippen molar-refractivity contribution in [2.75, 3.05) is 59.5 Å². The zero-order valence-electron chi connectivity index (χ0n) is 31.2. The van der Waals surface area contributed by atoms with Gasteiger partial charge >= 0.3 is 17.9 Å². The van der Waals surface area contributed by atoms with Gasteiger partial charge in [-0.15, -0.1) is 0 Å². The average Bonchev–Trinajstić information content (AvgIpc) is 3.12. The maximum Gasteiger partial charge on any atom is 0.338 e. The number of benzene rings is 3. The van der Waals surface area contributed by atoms with Crippen LogP contribution in [0.5, 0.6) is 0 Å². The van der Waals surface area contributed by atoms with Gasteiger partial charge in [-0.2, -0.15) is 0 Å². The predicted octanol–water partition coefficient (Wildman–Crippen LogP) is 7.87. The molecule has 0 atom stereocenters. The van der Waals surface area contributed by atoms with Crippen molar-refractivity contribution in [2.24, 2.45) is 0 Å². The number of hydrogen-bond donors (Lipinski definition) is 6. The molecule has 0 bridgehead atoms. The van der Waals surface area contributed by atoms with Crippen LogP contribution in [0.25, 0.3) is 0 Å². The molecule has 0 saturated heterocycles. The van der Waals surface area contributed by atoms with Crippen molar-refractivity contribution in [2.45, 2.75) is 97.6 Å². The lowest BCUT2D eigenvalue weighted by atomic mass is 9.93. The second-order valence-electron chi connectivity index (χ2n) is 12.7. The Bertz CT molecular complexity index is 1590. The van der Waals surface area contributed by atoms with Crippen LogP contribution in [0.1, 0.15) is 117 Å². The van der Waals surface area contributed by atoms with Crippen LogP contribution < -0.4 is 33.2 Å². The third kappa shape index (κ3) is 13.2. The van der Waals surface area contributed by atoms with E-state index in [2.05, 4.69) is 22.9 Å². The monoisotopic (exact) mass is 718 g/mol. The van der Waals surface area contributed by atoms with Crippen LogP contribution in [0, 0.1) is 0 Å². The van der Waals surface area contributed by atoms with Gasteiger partial charge in [0, 0.05) is 18.6 Å². The van der Waals surface area contributed by atoms with Crippen LogP contribution >= 0.6 is 0 Å². The summed E-state index contributed by atoms with van der Waals surface area (Å²) in [5, 5.41) is 10.0. The molecule has 0 amide bonds. The number of rotatable bonds is 13. The molecule has 0 heterocycles. The summed E-state index contributed by atoms with van der Waals surface area (Å²) in [4.78, 5) is 34.5. The molecule has 52 heavy (non-hydrogen) atoms. The first-order chi connectivity index (χ1) is 25.1. The Morgan fingerprint density at radius 2 is 0.923 bits per heavy atom. The van der Waals surface area contributed by atoms with Gasteiger partial charge in [0.15, 0.2) is 0 Å². The number of nitrogens with one attached hydrogen (secondary N) is 3. The molecule has 2 aliphatic rings. The number of nitrogens with two attached hydrogens (primary N) is 3. The molecule has 0 radical (unpaired) electrons. The minimum Gasteiger partial charge on any atom is -0.462 e. The summed E-state index contributed by atoms with van der Waals surface area (Å²) in [5.41, 5.74) is 23.7. The minimum absolute atomic E-state index is 0.321. The highest BCUT2D eigenvalue weighted by molar-refractivity contribution is 5.93. The second-order valence-corrected chi connectivity index (χ2v) is 12.7. The summed E-state index contributed by atoms with van der Waals surface area (Å²) in [7, 11) is 0. The van der Waals surface area contributed by atoms with E-state index in [1.807, 2.05) is 12.1 Å². The Hall–Kier alpha value is -5.13. The number of anilines is 6. The topological polar surface area (TPSA) is 193 Å². The summed E-state index contributed by atoms with van der Waals surface area (Å²) in [6.45, 7) is 9.42. The van der Waals surface area contributed by atoms with Crippen molar-refractivity contribution in [1.82, 2.24) is 0 Å². The molecule has 2 saturated carbocycles. The Kier molecular flexibility index (Phi) is 17.4. The van der Waals surface area contributed by atoms with E-state index in [9.17, 15) is 14.4 Å². The van der Waals surface area contributed by atoms with Crippen molar-refractivity contribution >= 4 is 52.0 Å². The molecule has 0 unspecified atom stereocenters. The summed E-state index contributed by atoms with van der Waals surface area (Å²) < 4.78 is 14.8. The van der Waals surface area contributed by atoms with E-state index < -0.39 is 0 Å². The number of nitrogen functional groups attached to an aromatic ring is 3. The first-order valence-corrected chi connectivity index (χ1v) is 18.6. The predicted molar refractivity (Wildman–Crippen MR) is 211 cm³/mol. The van der Waals surface area contributed by atoms with Crippen molar-refractivity contribution in [3.8, 4) is 0 Å². The number of ether oxygens (including phenoxy) is 3. The third-order valence-electron chi connectivity index (χ3n) is 8.68. The van der Waals surface area contributed by atoms with Gasteiger partial charge in [0.2, 0.25) is 0 Å². The van der Waals surface area contributed by atoms with E-state index in [1.165, 1.54) is 51.4 Å². The molecular formula is C40H58N6O6. The molecule has 0 aliphatic heterocycles. The molecule has 12 heteroatoms. The van der Waals surface area contributed by atoms with Gasteiger partial charge in [-0.3, -0.25) is 0 Å². The highest BCUT2D eigenvalue weighted by Crippen LogP contribution is 2.28. The fourth-order valence-corrected chi connectivity index (χ4v) is 5.64. The number of carbonyl (C=O) groups is 3. The zero-order valence-corrected chi connectivity index (χ0v) is 31.2. The highest BCUT2D eigenvalue weighted by Gasteiger charge is 2.19. The van der Waals surface area contributed by atoms with E-state index >= 15 is 0 Å². The molecule has 12 nitrogen and oxygen atoms in total. The van der Waals surface area contributed by atoms with Gasteiger partial charge in [-0.1, -0.05) is 26.2 Å². The van der Waals surface area contributed by atoms with E-state index in [4.69, 9.17) is 31.4 Å². The quantitative estimate of drug-likeness (QED) is 0.0570. The summed E-state index contributed by atoms with van der Waals surface area (Å²) in [6, 6.07) is 16.8. The van der Waals surface area contributed by atoms with Crippen LogP contribution in [0.3, 0.4) is 0 Å². The normalized spacial score (nSPS) is 13.8. The number of carbonyl (C=O) groups excluding carboxylic acids is 3. The van der Waals surface area contributed by atoms with Crippen LogP contribution in [-0.4, -0.2) is 56.4 Å². The van der Waals surface area contributed by atoms with Crippen LogP contribution in [0.4, 0.5) is 34.1 Å². The van der Waals surface area contributed by atoms with E-state index in [-0.39, 0.29) is 17.9 Å². The maximum atomic E-state index is 11.6. The van der Waals surface area contributed by atoms with Gasteiger partial charge in [-0.25, -0.2) is 14.4 Å². The third-order valence-corrected chi connectivity index (χ3v) is 8.68. The van der Waals surface area contributed by atoms with E-state index in [0.29, 0.717) is 65.7 Å². The van der Waals surface area contributed by atoms with Gasteiger partial charge in [0.25, 0.3) is 0 Å². The molecule has 3 aromatic rings. The minimum atomic E-state index is -0.337. The van der Waals surface area contributed by atoms with Crippen LogP contribution in [0.2, 0.25) is 0 Å². The lowest BCUT2D eigenvalue weighted by Crippen LogP contribution is -2.27. The van der Waals surface area contributed by atoms with Gasteiger partial charge in [0.1, 0.15) is 0 Å². The smallest absolute Gasteiger partial charge is 0.338 e. The lowest BCUT2D eigenvalue weighted by Gasteiger charge is -2.28. The van der Waals surface area contributed by atoms with Gasteiger partial charge in [-0.05, 0) is 114 Å². The Morgan fingerprint density at radius 3 is 1.23 bits per heavy atom. The fraction of sp³-hybridized carbons (Fsp3) is 0.475. The molecule has 0 aromatic heterocycles. The molecule has 3 aromatic carbocycles. The molecular weight excluding hydrogens is 660 g/mol. The zero-order chi connectivity index (χ0) is 37.9. The Labute approximate surface area is 308 Å². The van der Waals surface area contributed by atoms with Crippen LogP contribution in [-0.2, 0) is 14.2 Å². The highest BCUT2D eigenvalue weighted by atomic mass is 16.5. The van der Waals surface area contributed by atoms with Crippen molar-refractivity contribution in [1.29, 1.82) is 0 Å². The summed E-state index contributed by atoms with van der Waals surface area (Å²) in [6.07, 6.45) is 11.0. The Morgan fingerprint density at radius 1 is 0.558 bits per heavy atom. The largest absolute Gasteiger partial charge is 0.462 e. The van der Waals surface area contributed by atoms with Crippen molar-refractivity contribution in [3.63, 3.8) is 0 Å². The van der Waals surface area contributed by atoms with E-state index in [0.717, 1.165) is 30.0 Å². The molecule has 284 valence electrons. The molecule has 5 rings (SSSR count). The van der Waals surface area contributed by atoms with E-state index in [1.54, 1.807) is 63.2 Å². The summed E-state index contributed by atoms with van der Waals surface area (Å²) in [5.74, 6) is -0.982. The fourth-order valence-electron chi connectivity index (χ4n) is 5.64. The van der Waals surface area contributed by atoms with Crippen molar-refractivity contribution < 1.29 is 28.6 Å². The first-order valence-electron chi connectivity index (χ1n) is 18.6. The Balaban J connectivity index is 0.000000211. The first kappa shape index (κ1) is 41.3. The van der Waals surface area contributed by atoms with Crippen LogP contribution in [0.15, 0.2) is 54.6 Å². The standard InChI is InChI=1S/C15H22N2O2.C13H18N2O2.C12H18N2O2/c1-2-19-15(18)11-8-9-14(13(16)10-11)17-12-6-4-3-5-7-12;1-2-17-13(16)9-6-7-12(11(14)8-9)15-10-4-3-5-10;1-3-7-14-11-6-5-9(8-10(11)13)12(15)16-4-2/h8-10,12,17H,2-7,16H2,1H3;6-8,10,15H,2-5,14H2,1H3;5-6,8,14H,3-4,7,13H2,1-2H3. The molecule has 0 spiro atoms. The number of esters is 3. The second kappa shape index (κ2) is 21.9. The molecule has 9 N–H and O–H groups in total. The average molecular weight is 719 g/mol.